The second-order valence-electron chi connectivity index (χ2n) is 13.4. The van der Waals surface area contributed by atoms with Crippen LogP contribution in [0.1, 0.15) is 0 Å². The van der Waals surface area contributed by atoms with Gasteiger partial charge in [-0.15, -0.1) is 0 Å². The predicted octanol–water partition coefficient (Wildman–Crippen LogP) is 17.2. The van der Waals surface area contributed by atoms with E-state index in [1.165, 1.54) is 0 Å². The van der Waals surface area contributed by atoms with Gasteiger partial charge < -0.3 is 0 Å². The van der Waals surface area contributed by atoms with Crippen LogP contribution in [-0.2, 0) is 0 Å². The average Bonchev–Trinajstić information content (AvgIpc) is 3.81. The van der Waals surface area contributed by atoms with E-state index in [0.717, 1.165) is 5.06 Å². The van der Waals surface area contributed by atoms with Crippen molar-refractivity contribution in [2.75, 3.05) is 0 Å². The van der Waals surface area contributed by atoms with E-state index in [-0.39, 0.29) is 0 Å². The Morgan fingerprint density at radius 2 is 0.150 bits per heavy atom. The zero-order valence-corrected chi connectivity index (χ0v) is 56.2. The van der Waals surface area contributed by atoms with Gasteiger partial charge >= 0.3 is 0 Å². The molecule has 0 amide bonds. The van der Waals surface area contributed by atoms with Gasteiger partial charge in [-0.3, -0.25) is 0 Å². The molecule has 0 saturated carbocycles. The Labute approximate surface area is 616 Å². The molecular weight excluding hydrogens is 1320 g/mol. The summed E-state index contributed by atoms with van der Waals surface area (Å²) in [4.78, 5) is 0. The van der Waals surface area contributed by atoms with Crippen molar-refractivity contribution in [1.29, 1.82) is 0 Å². The zero-order chi connectivity index (χ0) is 76.4. The molecular formula is C105H6P2. The van der Waals surface area contributed by atoms with Crippen molar-refractivity contribution in [1.82, 2.24) is 0 Å². The second-order valence-corrected chi connectivity index (χ2v) is 15.3. The SMILES string of the molecule is C=C=C=C=C=C=C=C=C=C=C=C=C=C=C=C=C=C=C=C=C=C=C=C=C=C=C=C=C=C=C=C=C=C=C=C=C=C=C=C=C=C=C=C=C=C=C=C=C=C=C=C=C=C=C=C=C=C=C=C=C=C=C=C=C=C=C=C=C=C=C=C=C=C=C=C=C=C=C=C=C=C=C=C=C=C=C=C=C=C=C=C=C=C=C=C=C=C=C=C=C=C=C=C=C(P)P. The van der Waals surface area contributed by atoms with Crippen LogP contribution in [0.15, 0.2) is 602 Å². The van der Waals surface area contributed by atoms with E-state index >= 15 is 0 Å². The van der Waals surface area contributed by atoms with Crippen molar-refractivity contribution >= 4 is 18.5 Å². The molecule has 107 heavy (non-hydrogen) atoms. The molecule has 0 nitrogen and oxygen atoms in total. The molecule has 0 aliphatic heterocycles. The summed E-state index contributed by atoms with van der Waals surface area (Å²) in [5.74, 6) is 0. The van der Waals surface area contributed by atoms with Gasteiger partial charge in [0.1, 0.15) is 0 Å². The van der Waals surface area contributed by atoms with Gasteiger partial charge in [-0.05, 0) is 98.3 Å². The Balaban J connectivity index is 6.19. The van der Waals surface area contributed by atoms with Crippen LogP contribution < -0.4 is 0 Å². The Bertz CT molecular complexity index is 8520. The summed E-state index contributed by atoms with van der Waals surface area (Å²) < 4.78 is 0. The first-order valence-corrected chi connectivity index (χ1v) is 27.8. The Hall–Kier alpha value is -22.1. The maximum Gasteiger partial charge on any atom is 0.0150 e. The monoisotopic (exact) mass is 1330 g/mol. The fraction of sp³-hybridized carbons (Fsp3) is 0. The Morgan fingerprint density at radius 1 is 0.0935 bits per heavy atom. The lowest BCUT2D eigenvalue weighted by Gasteiger charge is -1.67. The van der Waals surface area contributed by atoms with E-state index in [0.29, 0.717) is 0 Å². The first-order valence-electron chi connectivity index (χ1n) is 26.7. The topological polar surface area (TPSA) is 0 Å². The quantitative estimate of drug-likeness (QED) is 0.168. The Morgan fingerprint density at radius 3 is 0.206 bits per heavy atom. The van der Waals surface area contributed by atoms with E-state index in [1.54, 1.807) is 0 Å². The standard InChI is InChI=1S/C105H6P2/c1-2-3-4-5-6-7-8-9-10-11-12-13-14-15-16-17-18-19-20-21-22-23-24-25-26-27-28-29-30-31-32-33-34-35-36-37-38-39-40-41-42-43-44-45-46-47-48-49-50-51-52-53-54-55-56-57-58-59-60-61-62-63-64-65-66-67-68-69-70-71-72-73-74-75-76-77-78-79-80-81-82-83-84-85-86-87-88-89-90-91-92-93-94-95-96-97-98-99-100-101-102-103-104-105(106)107/h1,106-107H2. The van der Waals surface area contributed by atoms with Gasteiger partial charge in [0.15, 0.2) is 0 Å². The molecule has 0 aromatic heterocycles. The summed E-state index contributed by atoms with van der Waals surface area (Å²) >= 11 is 0. The van der Waals surface area contributed by atoms with Crippen molar-refractivity contribution in [3.8, 4) is 0 Å². The lowest BCUT2D eigenvalue weighted by Crippen LogP contribution is -1.31. The van der Waals surface area contributed by atoms with Gasteiger partial charge in [0.25, 0.3) is 0 Å². The van der Waals surface area contributed by atoms with E-state index in [2.05, 4.69) is 615 Å². The summed E-state index contributed by atoms with van der Waals surface area (Å²) in [5.41, 5.74) is 258. The molecule has 0 aliphatic rings. The summed E-state index contributed by atoms with van der Waals surface area (Å²) in [6.45, 7) is 3.32. The van der Waals surface area contributed by atoms with Crippen LogP contribution in [0.3, 0.4) is 0 Å². The number of rotatable bonds is 0. The molecule has 0 radical (unpaired) electrons. The fourth-order valence-electron chi connectivity index (χ4n) is 3.24. The molecule has 0 aliphatic carbocycles. The molecule has 0 saturated heterocycles. The zero-order valence-electron chi connectivity index (χ0n) is 53.9. The third kappa shape index (κ3) is 83.9. The third-order valence-electron chi connectivity index (χ3n) is 6.55. The van der Waals surface area contributed by atoms with Crippen LogP contribution in [-0.4, -0.2) is 0 Å². The van der Waals surface area contributed by atoms with Crippen LogP contribution in [0, 0.1) is 0 Å². The van der Waals surface area contributed by atoms with Gasteiger partial charge in [0, 0.05) is 492 Å². The Kier molecular flexibility index (Phi) is 65.1. The van der Waals surface area contributed by atoms with Crippen LogP contribution in [0.5, 0.6) is 0 Å². The molecule has 2 unspecified atom stereocenters. The van der Waals surface area contributed by atoms with Crippen LogP contribution in [0.2, 0.25) is 0 Å². The lowest BCUT2D eigenvalue weighted by atomic mass is 10.6. The molecule has 2 atom stereocenters. The highest BCUT2D eigenvalue weighted by molar-refractivity contribution is 7.45. The number of hydrogen-bond acceptors (Lipinski definition) is 0. The minimum Gasteiger partial charge on any atom is -0.0965 e. The maximum absolute atomic E-state index is 3.32. The average molecular weight is 1330 g/mol. The van der Waals surface area contributed by atoms with Crippen molar-refractivity contribution in [2.45, 2.75) is 0 Å². The third-order valence-corrected chi connectivity index (χ3v) is 6.83. The van der Waals surface area contributed by atoms with Crippen LogP contribution in [0.25, 0.3) is 0 Å². The largest absolute Gasteiger partial charge is 0.0965 e. The van der Waals surface area contributed by atoms with Gasteiger partial charge in [0.05, 0.1) is 0 Å². The highest BCUT2D eigenvalue weighted by Gasteiger charge is 1.61. The minimum absolute atomic E-state index is 0.804. The summed E-state index contributed by atoms with van der Waals surface area (Å²) in [6.07, 6.45) is 0. The molecule has 0 N–H and O–H groups in total. The van der Waals surface area contributed by atoms with E-state index in [9.17, 15) is 0 Å². The smallest absolute Gasteiger partial charge is 0.0150 e. The van der Waals surface area contributed by atoms with E-state index in [1.807, 2.05) is 0 Å². The molecule has 436 valence electrons. The first kappa shape index (κ1) is 84.9. The molecule has 0 aromatic carbocycles. The van der Waals surface area contributed by atoms with Crippen LogP contribution in [0.4, 0.5) is 0 Å². The summed E-state index contributed by atoms with van der Waals surface area (Å²) in [6, 6.07) is 0. The predicted molar refractivity (Wildman–Crippen MR) is 390 cm³/mol. The molecule has 0 bridgehead atoms. The minimum atomic E-state index is 0.804. The first-order chi connectivity index (χ1) is 53.3. The lowest BCUT2D eigenvalue weighted by molar-refractivity contribution is 2.10. The van der Waals surface area contributed by atoms with Crippen molar-refractivity contribution in [3.05, 3.63) is 602 Å². The summed E-state index contributed by atoms with van der Waals surface area (Å²) in [7, 11) is 4.87. The highest BCUT2D eigenvalue weighted by atomic mass is 31.1. The van der Waals surface area contributed by atoms with Gasteiger partial charge in [0.2, 0.25) is 0 Å². The van der Waals surface area contributed by atoms with Crippen molar-refractivity contribution in [3.63, 3.8) is 0 Å². The second kappa shape index (κ2) is 82.0. The number of hydrogen-bond donors (Lipinski definition) is 0. The highest BCUT2D eigenvalue weighted by Crippen LogP contribution is 2.09. The molecule has 0 heterocycles. The molecule has 0 spiro atoms. The van der Waals surface area contributed by atoms with Crippen molar-refractivity contribution < 1.29 is 0 Å². The molecule has 2 heteroatoms. The maximum atomic E-state index is 3.32. The molecule has 0 fully saturated rings. The molecule has 0 rings (SSSR count). The van der Waals surface area contributed by atoms with Crippen molar-refractivity contribution in [2.24, 2.45) is 0 Å². The van der Waals surface area contributed by atoms with E-state index in [4.69, 9.17) is 0 Å². The van der Waals surface area contributed by atoms with E-state index < -0.39 is 0 Å². The normalized spacial score (nSPS) is 4.09. The van der Waals surface area contributed by atoms with Gasteiger partial charge in [-0.25, -0.2) is 0 Å². The fourth-order valence-corrected chi connectivity index (χ4v) is 3.39. The van der Waals surface area contributed by atoms with Crippen LogP contribution >= 0.6 is 18.5 Å². The van der Waals surface area contributed by atoms with Gasteiger partial charge in [-0.1, -0.05) is 29.9 Å². The molecule has 0 aromatic rings. The summed E-state index contributed by atoms with van der Waals surface area (Å²) in [5, 5.41) is 0.804. The van der Waals surface area contributed by atoms with Gasteiger partial charge in [-0.2, -0.15) is 0 Å².